The smallest absolute Gasteiger partial charge is 0.309 e. The van der Waals surface area contributed by atoms with E-state index >= 15 is 0 Å². The topological polar surface area (TPSA) is 73.8 Å². The summed E-state index contributed by atoms with van der Waals surface area (Å²) in [6.07, 6.45) is 3.51. The third-order valence-electron chi connectivity index (χ3n) is 9.04. The van der Waals surface area contributed by atoms with Crippen LogP contribution in [0.2, 0.25) is 0 Å². The predicted octanol–water partition coefficient (Wildman–Crippen LogP) is 9.50. The molecule has 1 saturated heterocycles. The highest BCUT2D eigenvalue weighted by Gasteiger charge is 2.44. The van der Waals surface area contributed by atoms with Gasteiger partial charge in [0.2, 0.25) is 0 Å². The number of benzene rings is 4. The molecule has 0 spiro atoms. The van der Waals surface area contributed by atoms with E-state index in [0.29, 0.717) is 11.4 Å². The average Bonchev–Trinajstić information content (AvgIpc) is 3.64. The van der Waals surface area contributed by atoms with Gasteiger partial charge in [-0.25, -0.2) is 14.6 Å². The molecule has 6 aromatic rings. The number of urea groups is 1. The van der Waals surface area contributed by atoms with Crippen LogP contribution in [0, 0.1) is 0 Å². The summed E-state index contributed by atoms with van der Waals surface area (Å²) in [6, 6.07) is 41.4. The number of aromatic nitrogens is 1. The lowest BCUT2D eigenvalue weighted by atomic mass is 9.83. The Morgan fingerprint density at radius 1 is 0.633 bits per heavy atom. The third-order valence-corrected chi connectivity index (χ3v) is 10.1. The maximum Gasteiger partial charge on any atom is 0.343 e. The van der Waals surface area contributed by atoms with E-state index in [0.717, 1.165) is 53.4 Å². The van der Waals surface area contributed by atoms with Crippen molar-refractivity contribution in [3.05, 3.63) is 161 Å². The summed E-state index contributed by atoms with van der Waals surface area (Å²) < 4.78 is 0. The number of barbiturate groups is 1. The Morgan fingerprint density at radius 3 is 1.63 bits per heavy atom. The Morgan fingerprint density at radius 2 is 1.12 bits per heavy atom. The van der Waals surface area contributed by atoms with Crippen molar-refractivity contribution in [1.82, 2.24) is 4.98 Å². The molecule has 238 valence electrons. The first-order valence-corrected chi connectivity index (χ1v) is 16.7. The lowest BCUT2D eigenvalue weighted by Crippen LogP contribution is -2.57. The number of hydrogen-bond acceptors (Lipinski definition) is 6. The van der Waals surface area contributed by atoms with Crippen molar-refractivity contribution >= 4 is 63.7 Å². The minimum atomic E-state index is -0.715. The molecule has 0 N–H and O–H groups in total. The zero-order chi connectivity index (χ0) is 33.7. The Labute approximate surface area is 288 Å². The molecule has 1 aliphatic carbocycles. The maximum atomic E-state index is 13.9. The van der Waals surface area contributed by atoms with Gasteiger partial charge >= 0.3 is 6.03 Å². The van der Waals surface area contributed by atoms with E-state index in [1.165, 1.54) is 11.3 Å². The van der Waals surface area contributed by atoms with Gasteiger partial charge in [0.1, 0.15) is 5.57 Å². The van der Waals surface area contributed by atoms with Gasteiger partial charge in [0.05, 0.1) is 33.8 Å². The van der Waals surface area contributed by atoms with Crippen molar-refractivity contribution in [2.45, 2.75) is 19.3 Å². The number of para-hydroxylation sites is 4. The fourth-order valence-electron chi connectivity index (χ4n) is 6.58. The van der Waals surface area contributed by atoms with Gasteiger partial charge in [-0.2, -0.15) is 0 Å². The van der Waals surface area contributed by atoms with Crippen LogP contribution in [0.4, 0.5) is 33.2 Å². The van der Waals surface area contributed by atoms with E-state index in [9.17, 15) is 14.4 Å². The second kappa shape index (κ2) is 11.8. The highest BCUT2D eigenvalue weighted by molar-refractivity contribution is 7.16. The van der Waals surface area contributed by atoms with Crippen LogP contribution in [0.5, 0.6) is 0 Å². The summed E-state index contributed by atoms with van der Waals surface area (Å²) in [5.41, 5.74) is 6.36. The average molecular weight is 659 g/mol. The highest BCUT2D eigenvalue weighted by atomic mass is 32.1. The number of pyridine rings is 1. The summed E-state index contributed by atoms with van der Waals surface area (Å²) in [6.45, 7) is 4.35. The molecule has 8 heteroatoms. The van der Waals surface area contributed by atoms with Crippen LogP contribution in [-0.2, 0) is 15.0 Å². The van der Waals surface area contributed by atoms with Crippen molar-refractivity contribution in [2.24, 2.45) is 0 Å². The molecule has 4 aromatic carbocycles. The molecule has 2 aliphatic rings. The van der Waals surface area contributed by atoms with Gasteiger partial charge in [0, 0.05) is 21.7 Å². The van der Waals surface area contributed by atoms with Crippen molar-refractivity contribution in [3.8, 4) is 10.6 Å². The first kappa shape index (κ1) is 30.2. The van der Waals surface area contributed by atoms with Gasteiger partial charge < -0.3 is 4.90 Å². The number of carbonyl (C=O) groups excluding carboxylic acids is 3. The molecular weight excluding hydrogens is 629 g/mol. The number of hydrogen-bond donors (Lipinski definition) is 0. The summed E-state index contributed by atoms with van der Waals surface area (Å²) in [7, 11) is 0. The Kier molecular flexibility index (Phi) is 7.31. The molecule has 2 aromatic heterocycles. The number of imide groups is 2. The van der Waals surface area contributed by atoms with E-state index in [-0.39, 0.29) is 5.57 Å². The number of nitrogens with zero attached hydrogens (tertiary/aromatic N) is 4. The van der Waals surface area contributed by atoms with Crippen LogP contribution < -0.4 is 14.7 Å². The summed E-state index contributed by atoms with van der Waals surface area (Å²) in [5, 5.41) is 0. The number of thiophene rings is 1. The molecule has 1 fully saturated rings. The monoisotopic (exact) mass is 658 g/mol. The quantitative estimate of drug-likeness (QED) is 0.132. The molecule has 0 unspecified atom stereocenters. The minimum absolute atomic E-state index is 0.0880. The second-order valence-corrected chi connectivity index (χ2v) is 13.5. The lowest BCUT2D eigenvalue weighted by molar-refractivity contribution is -0.121. The summed E-state index contributed by atoms with van der Waals surface area (Å²) in [5.74, 6) is -1.32. The second-order valence-electron chi connectivity index (χ2n) is 12.4. The predicted molar refractivity (Wildman–Crippen MR) is 196 cm³/mol. The lowest BCUT2D eigenvalue weighted by Gasteiger charge is -2.33. The minimum Gasteiger partial charge on any atom is -0.309 e. The zero-order valence-corrected chi connectivity index (χ0v) is 27.6. The standard InChI is InChI=1S/C41H30N4O3S/c1-41(2)34-23-31(43(27-15-7-3-8-16-27)28-17-9-4-10-18-28)26-42-36(34)37-35(41)25-32(49-37)24-33-38(46)44(29-19-11-5-12-20-29)40(48)45(39(33)47)30-21-13-6-14-22-30/h3-26H,1-2H3. The first-order valence-electron chi connectivity index (χ1n) is 15.9. The fourth-order valence-corrected chi connectivity index (χ4v) is 7.86. The number of fused-ring (bicyclic) bond motifs is 3. The largest absolute Gasteiger partial charge is 0.343 e. The number of anilines is 5. The Hall–Kier alpha value is -6.12. The van der Waals surface area contributed by atoms with Crippen LogP contribution in [0.25, 0.3) is 16.6 Å². The van der Waals surface area contributed by atoms with Gasteiger partial charge in [0.25, 0.3) is 11.8 Å². The Balaban J connectivity index is 1.20. The molecule has 1 aliphatic heterocycles. The van der Waals surface area contributed by atoms with E-state index in [4.69, 9.17) is 4.98 Å². The van der Waals surface area contributed by atoms with Crippen LogP contribution in [0.1, 0.15) is 29.9 Å². The molecule has 7 nitrogen and oxygen atoms in total. The molecule has 0 saturated carbocycles. The van der Waals surface area contributed by atoms with Gasteiger partial charge in [0.15, 0.2) is 0 Å². The van der Waals surface area contributed by atoms with E-state index in [1.807, 2.05) is 60.8 Å². The van der Waals surface area contributed by atoms with Gasteiger partial charge in [-0.15, -0.1) is 11.3 Å². The number of amides is 4. The molecular formula is C41H30N4O3S. The number of rotatable bonds is 6. The molecule has 3 heterocycles. The Bertz CT molecular complexity index is 2160. The molecule has 49 heavy (non-hydrogen) atoms. The van der Waals surface area contributed by atoms with Crippen molar-refractivity contribution in [1.29, 1.82) is 0 Å². The molecule has 0 atom stereocenters. The van der Waals surface area contributed by atoms with Crippen LogP contribution in [0.15, 0.2) is 145 Å². The van der Waals surface area contributed by atoms with Crippen molar-refractivity contribution in [3.63, 3.8) is 0 Å². The zero-order valence-electron chi connectivity index (χ0n) is 26.8. The van der Waals surface area contributed by atoms with E-state index < -0.39 is 23.3 Å². The summed E-state index contributed by atoms with van der Waals surface area (Å²) >= 11 is 1.49. The van der Waals surface area contributed by atoms with Crippen molar-refractivity contribution in [2.75, 3.05) is 14.7 Å². The summed E-state index contributed by atoms with van der Waals surface area (Å²) in [4.78, 5) is 52.7. The maximum absolute atomic E-state index is 13.9. The van der Waals surface area contributed by atoms with Gasteiger partial charge in [-0.05, 0) is 77.9 Å². The third kappa shape index (κ3) is 5.05. The molecule has 4 amide bonds. The van der Waals surface area contributed by atoms with Gasteiger partial charge in [-0.3, -0.25) is 14.6 Å². The van der Waals surface area contributed by atoms with Crippen LogP contribution in [0.3, 0.4) is 0 Å². The van der Waals surface area contributed by atoms with Crippen LogP contribution >= 0.6 is 11.3 Å². The molecule has 0 radical (unpaired) electrons. The van der Waals surface area contributed by atoms with Crippen LogP contribution in [-0.4, -0.2) is 22.8 Å². The first-order chi connectivity index (χ1) is 23.8. The fraction of sp³-hybridized carbons (Fsp3) is 0.0732. The van der Waals surface area contributed by atoms with E-state index in [1.54, 1.807) is 54.6 Å². The number of carbonyl (C=O) groups is 3. The van der Waals surface area contributed by atoms with E-state index in [2.05, 4.69) is 49.1 Å². The van der Waals surface area contributed by atoms with Gasteiger partial charge in [-0.1, -0.05) is 86.6 Å². The van der Waals surface area contributed by atoms with Crippen molar-refractivity contribution < 1.29 is 14.4 Å². The molecule has 8 rings (SSSR count). The molecule has 0 bridgehead atoms. The normalized spacial score (nSPS) is 14.9. The SMILES string of the molecule is CC1(C)c2cc(N(c3ccccc3)c3ccccc3)cnc2-c2sc(C=C3C(=O)N(c4ccccc4)C(=O)N(c4ccccc4)C3=O)cc21. The highest BCUT2D eigenvalue weighted by Crippen LogP contribution is 2.53.